The summed E-state index contributed by atoms with van der Waals surface area (Å²) in [7, 11) is 1.70. The van der Waals surface area contributed by atoms with Gasteiger partial charge in [0.15, 0.2) is 0 Å². The summed E-state index contributed by atoms with van der Waals surface area (Å²) in [6.07, 6.45) is 13.1. The Morgan fingerprint density at radius 3 is 1.13 bits per heavy atom. The van der Waals surface area contributed by atoms with E-state index in [1.54, 1.807) is 23.8 Å². The highest BCUT2D eigenvalue weighted by Gasteiger charge is 2.45. The average Bonchev–Trinajstić information content (AvgIpc) is 1.82. The van der Waals surface area contributed by atoms with Gasteiger partial charge in [0.2, 0.25) is 47.3 Å². The molecule has 8 amide bonds. The third kappa shape index (κ3) is 21.2. The zero-order valence-corrected chi connectivity index (χ0v) is 56.5. The van der Waals surface area contributed by atoms with Crippen molar-refractivity contribution < 1.29 is 52.6 Å². The zero-order valence-electron chi connectivity index (χ0n) is 56.5. The van der Waals surface area contributed by atoms with Crippen molar-refractivity contribution in [2.24, 2.45) is 17.8 Å². The van der Waals surface area contributed by atoms with Gasteiger partial charge in [-0.25, -0.2) is 0 Å². The van der Waals surface area contributed by atoms with Crippen LogP contribution >= 0.6 is 0 Å². The van der Waals surface area contributed by atoms with Crippen LogP contribution in [0.1, 0.15) is 164 Å². The van der Waals surface area contributed by atoms with Crippen LogP contribution in [0.15, 0.2) is 121 Å². The van der Waals surface area contributed by atoms with Gasteiger partial charge in [-0.2, -0.15) is 0 Å². The first kappa shape index (κ1) is 73.3. The van der Waals surface area contributed by atoms with Crippen LogP contribution in [-0.4, -0.2) is 172 Å². The molecule has 2 aliphatic carbocycles. The molecule has 2 saturated carbocycles. The Balaban J connectivity index is 0.792. The Labute approximate surface area is 562 Å². The van der Waals surface area contributed by atoms with Crippen molar-refractivity contribution in [3.8, 4) is 0 Å². The summed E-state index contributed by atoms with van der Waals surface area (Å²) < 4.78 is 17.6. The number of rotatable bonds is 36. The molecule has 7 N–H and O–H groups in total. The largest absolute Gasteiger partial charge is 0.379 e. The maximum absolute atomic E-state index is 14.7. The third-order valence-electron chi connectivity index (χ3n) is 19.7. The molecule has 0 aromatic heterocycles. The molecular weight excluding hydrogens is 1200 g/mol. The molecule has 0 radical (unpaired) electrons. The van der Waals surface area contributed by atoms with Gasteiger partial charge in [0, 0.05) is 57.1 Å². The van der Waals surface area contributed by atoms with E-state index in [0.717, 1.165) is 86.5 Å². The molecule has 20 nitrogen and oxygen atoms in total. The Morgan fingerprint density at radius 1 is 0.432 bits per heavy atom. The molecule has 0 spiro atoms. The molecule has 2 heterocycles. The highest BCUT2D eigenvalue weighted by atomic mass is 16.5. The van der Waals surface area contributed by atoms with E-state index >= 15 is 0 Å². The van der Waals surface area contributed by atoms with Crippen LogP contribution in [0.5, 0.6) is 0 Å². The summed E-state index contributed by atoms with van der Waals surface area (Å²) in [5.41, 5.74) is 3.37. The van der Waals surface area contributed by atoms with E-state index in [1.807, 2.05) is 135 Å². The van der Waals surface area contributed by atoms with Crippen LogP contribution in [0, 0.1) is 17.8 Å². The van der Waals surface area contributed by atoms with Crippen LogP contribution in [-0.2, 0) is 52.6 Å². The van der Waals surface area contributed by atoms with Gasteiger partial charge in [0.1, 0.15) is 36.3 Å². The molecule has 8 rings (SSSR count). The number of likely N-dealkylation sites (N-methyl/N-ethyl adjacent to an activating group) is 1. The number of amides is 8. The van der Waals surface area contributed by atoms with Gasteiger partial charge in [0.25, 0.3) is 0 Å². The maximum atomic E-state index is 14.7. The summed E-state index contributed by atoms with van der Waals surface area (Å²) in [6.45, 7) is 8.84. The second-order valence-electron chi connectivity index (χ2n) is 26.2. The minimum absolute atomic E-state index is 0.0111. The molecule has 4 aliphatic rings. The first-order valence-electron chi connectivity index (χ1n) is 35.3. The van der Waals surface area contributed by atoms with Crippen molar-refractivity contribution in [3.05, 3.63) is 144 Å². The number of nitrogens with zero attached hydrogens (tertiary/aromatic N) is 2. The second-order valence-corrected chi connectivity index (χ2v) is 26.2. The summed E-state index contributed by atoms with van der Waals surface area (Å²) >= 11 is 0. The van der Waals surface area contributed by atoms with E-state index in [1.165, 1.54) is 0 Å². The van der Waals surface area contributed by atoms with Gasteiger partial charge in [-0.1, -0.05) is 174 Å². The lowest BCUT2D eigenvalue weighted by Crippen LogP contribution is -2.59. The minimum atomic E-state index is -1.04. The van der Waals surface area contributed by atoms with E-state index in [-0.39, 0.29) is 66.3 Å². The Kier molecular flexibility index (Phi) is 30.0. The van der Waals surface area contributed by atoms with Gasteiger partial charge in [-0.3, -0.25) is 38.4 Å². The lowest BCUT2D eigenvalue weighted by molar-refractivity contribution is -0.144. The van der Waals surface area contributed by atoms with Crippen molar-refractivity contribution in [2.45, 2.75) is 184 Å². The lowest BCUT2D eigenvalue weighted by Gasteiger charge is -2.36. The quantitative estimate of drug-likeness (QED) is 0.0219. The minimum Gasteiger partial charge on any atom is -0.379 e. The molecule has 516 valence electrons. The van der Waals surface area contributed by atoms with E-state index in [2.05, 4.69) is 37.2 Å². The number of hydrogen-bond donors (Lipinski definition) is 7. The number of carbonyl (C=O) groups is 8. The Morgan fingerprint density at radius 2 is 0.779 bits per heavy atom. The van der Waals surface area contributed by atoms with Crippen molar-refractivity contribution in [2.75, 3.05) is 72.9 Å². The predicted octanol–water partition coefficient (Wildman–Crippen LogP) is 7.45. The predicted molar refractivity (Wildman–Crippen MR) is 365 cm³/mol. The van der Waals surface area contributed by atoms with E-state index in [4.69, 9.17) is 14.2 Å². The van der Waals surface area contributed by atoms with E-state index in [9.17, 15) is 38.4 Å². The zero-order chi connectivity index (χ0) is 67.3. The average molecular weight is 1310 g/mol. The molecule has 4 fully saturated rings. The third-order valence-corrected chi connectivity index (χ3v) is 19.7. The van der Waals surface area contributed by atoms with Crippen LogP contribution in [0.2, 0.25) is 0 Å². The maximum Gasteiger partial charge on any atom is 0.246 e. The van der Waals surface area contributed by atoms with Gasteiger partial charge in [-0.15, -0.1) is 0 Å². The number of likely N-dealkylation sites (tertiary alicyclic amines) is 2. The standard InChI is InChI=1S/C75H105N9O11/c1-5-52(2)68(85)79-64(58-36-20-10-21-37-58)74(91)83-44-24-40-60(83)70(87)81-66(62(54-28-12-6-13-29-54)55-30-14-7-15-31-55)72(89)77-42-26-46-93-48-50-95-51-49-94-47-27-43-78-73(90)67(63(56-32-16-8-17-33-56)57-34-18-9-19-35-57)82-71(88)61-41-25-45-84(61)75(92)65(59-38-22-11-23-39-59)80-69(86)53(3)76-4/h6-9,12-19,28-35,52-53,58-67,76H,5,10-11,20-27,36-51H2,1-4H3,(H,77,89)(H,78,90)(H,79,85)(H,80,86)(H,81,87)(H,82,88)/t52-,53-,60+,61+,64+,65+,66+,67+/m1/s1. The van der Waals surface area contributed by atoms with Crippen LogP contribution < -0.4 is 37.2 Å². The first-order chi connectivity index (χ1) is 46.3. The van der Waals surface area contributed by atoms with Gasteiger partial charge >= 0.3 is 0 Å². The lowest BCUT2D eigenvalue weighted by atomic mass is 9.83. The van der Waals surface area contributed by atoms with Crippen molar-refractivity contribution in [3.63, 3.8) is 0 Å². The summed E-state index contributed by atoms with van der Waals surface area (Å²) in [5, 5.41) is 21.5. The van der Waals surface area contributed by atoms with Gasteiger partial charge in [0.05, 0.1) is 32.5 Å². The summed E-state index contributed by atoms with van der Waals surface area (Å²) in [5.74, 6) is -3.87. The Bertz CT molecular complexity index is 2750. The number of carbonyl (C=O) groups excluding carboxylic acids is 8. The van der Waals surface area contributed by atoms with Gasteiger partial charge < -0.3 is 61.2 Å². The number of ether oxygens (including phenoxy) is 3. The number of nitrogens with one attached hydrogen (secondary N) is 7. The molecule has 4 aromatic rings. The number of benzene rings is 4. The normalized spacial score (nSPS) is 18.8. The highest BCUT2D eigenvalue weighted by molar-refractivity contribution is 5.97. The van der Waals surface area contributed by atoms with Crippen LogP contribution in [0.4, 0.5) is 0 Å². The molecule has 0 bridgehead atoms. The summed E-state index contributed by atoms with van der Waals surface area (Å²) in [6, 6.07) is 32.8. The van der Waals surface area contributed by atoms with Crippen molar-refractivity contribution >= 4 is 47.3 Å². The first-order valence-corrected chi connectivity index (χ1v) is 35.3. The number of hydrogen-bond acceptors (Lipinski definition) is 12. The molecule has 4 aromatic carbocycles. The molecule has 0 unspecified atom stereocenters. The second kappa shape index (κ2) is 38.9. The molecule has 8 atom stereocenters. The molecule has 20 heteroatoms. The topological polar surface area (TPSA) is 255 Å². The fraction of sp³-hybridized carbons (Fsp3) is 0.573. The SMILES string of the molecule is CC[C@@H](C)C(=O)N[C@H](C(=O)N1CCC[C@H]1C(=O)N[C@H](C(=O)NCCCOCCOCCOCCCNC(=O)[C@@H](NC(=O)[C@@H]1CCCN1C(=O)[C@@H](NC(=O)[C@@H](C)NC)C1CCCCC1)C(c1ccccc1)c1ccccc1)C(c1ccccc1)c1ccccc1)C1CCCCC1. The molecule has 2 aliphatic heterocycles. The van der Waals surface area contributed by atoms with Crippen LogP contribution in [0.25, 0.3) is 0 Å². The molecule has 95 heavy (non-hydrogen) atoms. The molecule has 2 saturated heterocycles. The Hall–Kier alpha value is -7.52. The van der Waals surface area contributed by atoms with Crippen molar-refractivity contribution in [1.29, 1.82) is 0 Å². The highest BCUT2D eigenvalue weighted by Crippen LogP contribution is 2.34. The van der Waals surface area contributed by atoms with E-state index in [0.29, 0.717) is 97.7 Å². The smallest absolute Gasteiger partial charge is 0.246 e. The van der Waals surface area contributed by atoms with Crippen LogP contribution in [0.3, 0.4) is 0 Å². The monoisotopic (exact) mass is 1310 g/mol. The summed E-state index contributed by atoms with van der Waals surface area (Å²) in [4.78, 5) is 117. The van der Waals surface area contributed by atoms with E-state index < -0.39 is 65.9 Å². The molecular formula is C75H105N9O11. The fourth-order valence-electron chi connectivity index (χ4n) is 14.0. The fourth-order valence-corrected chi connectivity index (χ4v) is 14.0. The van der Waals surface area contributed by atoms with Gasteiger partial charge in [-0.05, 0) is 119 Å². The van der Waals surface area contributed by atoms with Crippen molar-refractivity contribution in [1.82, 2.24) is 47.0 Å².